The molecule has 1 aliphatic rings. The number of aromatic nitrogens is 1. The molecule has 1 aliphatic heterocycles. The van der Waals surface area contributed by atoms with E-state index >= 15 is 0 Å². The largest absolute Gasteiger partial charge is 0.493 e. The highest BCUT2D eigenvalue weighted by Crippen LogP contribution is 2.34. The number of hydrogen-bond donors (Lipinski definition) is 0. The zero-order valence-electron chi connectivity index (χ0n) is 18.3. The molecular formula is C23H28ClN3O4S. The molecule has 3 aromatic rings. The van der Waals surface area contributed by atoms with E-state index in [1.165, 1.54) is 11.3 Å². The van der Waals surface area contributed by atoms with E-state index in [0.29, 0.717) is 28.7 Å². The standard InChI is InChI=1S/C23H27N3O4S.ClH/c1-28-19-9-5-7-17(21(19)29-2)22(27)26(12-6-11-25-13-15-30-16-14-25)23-24-18-8-3-4-10-20(18)31-23;/h3-5,7-10H,6,11-16H2,1-2H3;1H. The van der Waals surface area contributed by atoms with Crippen LogP contribution in [0.2, 0.25) is 0 Å². The Bertz CT molecular complexity index is 1010. The lowest BCUT2D eigenvalue weighted by atomic mass is 10.1. The number of ether oxygens (including phenoxy) is 3. The fraction of sp³-hybridized carbons (Fsp3) is 0.391. The molecule has 0 unspecified atom stereocenters. The Hall–Kier alpha value is -2.39. The Morgan fingerprint density at radius 2 is 1.91 bits per heavy atom. The van der Waals surface area contributed by atoms with Gasteiger partial charge in [0.1, 0.15) is 0 Å². The van der Waals surface area contributed by atoms with Gasteiger partial charge in [0.2, 0.25) is 0 Å². The molecule has 7 nitrogen and oxygen atoms in total. The van der Waals surface area contributed by atoms with Crippen LogP contribution in [0.15, 0.2) is 42.5 Å². The summed E-state index contributed by atoms with van der Waals surface area (Å²) in [6, 6.07) is 13.3. The van der Waals surface area contributed by atoms with Crippen molar-refractivity contribution in [3.05, 3.63) is 48.0 Å². The smallest absolute Gasteiger partial charge is 0.263 e. The first-order chi connectivity index (χ1) is 15.2. The quantitative estimate of drug-likeness (QED) is 0.486. The van der Waals surface area contributed by atoms with Gasteiger partial charge in [-0.05, 0) is 30.7 Å². The highest BCUT2D eigenvalue weighted by atomic mass is 35.5. The number of anilines is 1. The third-order valence-electron chi connectivity index (χ3n) is 5.35. The first-order valence-corrected chi connectivity index (χ1v) is 11.2. The zero-order valence-corrected chi connectivity index (χ0v) is 19.9. The van der Waals surface area contributed by atoms with E-state index < -0.39 is 0 Å². The van der Waals surface area contributed by atoms with E-state index in [2.05, 4.69) is 4.90 Å². The molecule has 1 fully saturated rings. The average molecular weight is 478 g/mol. The summed E-state index contributed by atoms with van der Waals surface area (Å²) in [5, 5.41) is 0.693. The van der Waals surface area contributed by atoms with Crippen molar-refractivity contribution in [2.75, 3.05) is 58.5 Å². The number of morpholine rings is 1. The van der Waals surface area contributed by atoms with E-state index in [0.717, 1.165) is 49.5 Å². The van der Waals surface area contributed by atoms with E-state index in [1.807, 2.05) is 24.3 Å². The van der Waals surface area contributed by atoms with Crippen LogP contribution in [0.1, 0.15) is 16.8 Å². The van der Waals surface area contributed by atoms with Crippen LogP contribution in [-0.4, -0.2) is 69.4 Å². The van der Waals surface area contributed by atoms with Gasteiger partial charge in [0.15, 0.2) is 16.6 Å². The molecule has 1 amide bonds. The lowest BCUT2D eigenvalue weighted by Crippen LogP contribution is -2.39. The van der Waals surface area contributed by atoms with Crippen molar-refractivity contribution in [2.24, 2.45) is 0 Å². The predicted octanol–water partition coefficient (Wildman–Crippen LogP) is 4.10. The van der Waals surface area contributed by atoms with Crippen LogP contribution in [-0.2, 0) is 4.74 Å². The number of halogens is 1. The lowest BCUT2D eigenvalue weighted by Gasteiger charge is -2.28. The molecule has 0 saturated carbocycles. The van der Waals surface area contributed by atoms with Crippen LogP contribution in [0.5, 0.6) is 11.5 Å². The molecule has 1 aromatic heterocycles. The number of hydrogen-bond acceptors (Lipinski definition) is 7. The summed E-state index contributed by atoms with van der Waals surface area (Å²) < 4.78 is 17.4. The second kappa shape index (κ2) is 11.5. The Morgan fingerprint density at radius 1 is 1.12 bits per heavy atom. The SMILES string of the molecule is COc1cccc(C(=O)N(CCCN2CCOCC2)c2nc3ccccc3s2)c1OC.Cl. The summed E-state index contributed by atoms with van der Waals surface area (Å²) >= 11 is 1.53. The Kier molecular flexibility index (Phi) is 8.69. The van der Waals surface area contributed by atoms with Gasteiger partial charge in [-0.1, -0.05) is 29.5 Å². The third kappa shape index (κ3) is 5.32. The molecule has 0 spiro atoms. The second-order valence-electron chi connectivity index (χ2n) is 7.27. The molecule has 9 heteroatoms. The molecule has 4 rings (SSSR count). The number of carbonyl (C=O) groups is 1. The number of nitrogens with zero attached hydrogens (tertiary/aromatic N) is 3. The molecule has 0 N–H and O–H groups in total. The van der Waals surface area contributed by atoms with Gasteiger partial charge in [-0.2, -0.15) is 0 Å². The van der Waals surface area contributed by atoms with Crippen molar-refractivity contribution in [1.29, 1.82) is 0 Å². The number of thiazole rings is 1. The van der Waals surface area contributed by atoms with Crippen molar-refractivity contribution in [1.82, 2.24) is 9.88 Å². The Morgan fingerprint density at radius 3 is 2.62 bits per heavy atom. The molecule has 2 heterocycles. The van der Waals surface area contributed by atoms with Crippen LogP contribution in [0.3, 0.4) is 0 Å². The number of benzene rings is 2. The lowest BCUT2D eigenvalue weighted by molar-refractivity contribution is 0.0376. The Balaban J connectivity index is 0.00000289. The van der Waals surface area contributed by atoms with Gasteiger partial charge in [-0.15, -0.1) is 12.4 Å². The Labute approximate surface area is 198 Å². The van der Waals surface area contributed by atoms with Gasteiger partial charge in [-0.25, -0.2) is 4.98 Å². The number of para-hydroxylation sites is 2. The maximum absolute atomic E-state index is 13.7. The van der Waals surface area contributed by atoms with Crippen molar-refractivity contribution in [2.45, 2.75) is 6.42 Å². The van der Waals surface area contributed by atoms with Crippen molar-refractivity contribution < 1.29 is 19.0 Å². The van der Waals surface area contributed by atoms with E-state index in [4.69, 9.17) is 19.2 Å². The maximum atomic E-state index is 13.7. The molecule has 1 saturated heterocycles. The molecule has 32 heavy (non-hydrogen) atoms. The highest BCUT2D eigenvalue weighted by molar-refractivity contribution is 7.22. The molecule has 0 radical (unpaired) electrons. The fourth-order valence-corrected chi connectivity index (χ4v) is 4.73. The van der Waals surface area contributed by atoms with Crippen molar-refractivity contribution in [3.63, 3.8) is 0 Å². The van der Waals surface area contributed by atoms with E-state index in [1.54, 1.807) is 37.3 Å². The van der Waals surface area contributed by atoms with Gasteiger partial charge in [0.25, 0.3) is 5.91 Å². The van der Waals surface area contributed by atoms with Gasteiger partial charge >= 0.3 is 0 Å². The van der Waals surface area contributed by atoms with Crippen molar-refractivity contribution in [3.8, 4) is 11.5 Å². The first kappa shape index (κ1) is 24.3. The second-order valence-corrected chi connectivity index (χ2v) is 8.28. The predicted molar refractivity (Wildman–Crippen MR) is 130 cm³/mol. The monoisotopic (exact) mass is 477 g/mol. The van der Waals surface area contributed by atoms with Crippen LogP contribution in [0.4, 0.5) is 5.13 Å². The normalized spacial score (nSPS) is 14.1. The minimum atomic E-state index is -0.142. The minimum Gasteiger partial charge on any atom is -0.493 e. The number of amides is 1. The van der Waals surface area contributed by atoms with Crippen LogP contribution >= 0.6 is 23.7 Å². The van der Waals surface area contributed by atoms with Crippen LogP contribution < -0.4 is 14.4 Å². The van der Waals surface area contributed by atoms with Gasteiger partial charge < -0.3 is 14.2 Å². The van der Waals surface area contributed by atoms with Gasteiger partial charge in [0.05, 0.1) is 43.2 Å². The number of rotatable bonds is 8. The van der Waals surface area contributed by atoms with Gasteiger partial charge in [0, 0.05) is 26.2 Å². The molecule has 0 atom stereocenters. The van der Waals surface area contributed by atoms with Crippen LogP contribution in [0, 0.1) is 0 Å². The van der Waals surface area contributed by atoms with Gasteiger partial charge in [-0.3, -0.25) is 14.6 Å². The number of carbonyl (C=O) groups excluding carboxylic acids is 1. The fourth-order valence-electron chi connectivity index (χ4n) is 3.74. The molecule has 0 aliphatic carbocycles. The summed E-state index contributed by atoms with van der Waals surface area (Å²) in [7, 11) is 3.12. The van der Waals surface area contributed by atoms with Crippen LogP contribution in [0.25, 0.3) is 10.2 Å². The topological polar surface area (TPSA) is 64.1 Å². The summed E-state index contributed by atoms with van der Waals surface area (Å²) in [6.07, 6.45) is 0.841. The minimum absolute atomic E-state index is 0. The highest BCUT2D eigenvalue weighted by Gasteiger charge is 2.25. The molecule has 2 aromatic carbocycles. The summed E-state index contributed by atoms with van der Waals surface area (Å²) in [5.41, 5.74) is 1.36. The van der Waals surface area contributed by atoms with E-state index in [-0.39, 0.29) is 18.3 Å². The first-order valence-electron chi connectivity index (χ1n) is 10.4. The number of methoxy groups -OCH3 is 2. The molecular weight excluding hydrogens is 450 g/mol. The average Bonchev–Trinajstić information content (AvgIpc) is 3.25. The number of fused-ring (bicyclic) bond motifs is 1. The third-order valence-corrected chi connectivity index (χ3v) is 6.41. The van der Waals surface area contributed by atoms with E-state index in [9.17, 15) is 4.79 Å². The zero-order chi connectivity index (χ0) is 21.6. The molecule has 172 valence electrons. The summed E-state index contributed by atoms with van der Waals surface area (Å²) in [6.45, 7) is 4.87. The van der Waals surface area contributed by atoms with Crippen molar-refractivity contribution >= 4 is 45.0 Å². The molecule has 0 bridgehead atoms. The maximum Gasteiger partial charge on any atom is 0.263 e. The summed E-state index contributed by atoms with van der Waals surface area (Å²) in [4.78, 5) is 22.6. The summed E-state index contributed by atoms with van der Waals surface area (Å²) in [5.74, 6) is 0.831.